The summed E-state index contributed by atoms with van der Waals surface area (Å²) in [5.74, 6) is 3.30. The quantitative estimate of drug-likeness (QED) is 0.737. The molecule has 8 heteroatoms. The second kappa shape index (κ2) is 8.16. The highest BCUT2D eigenvalue weighted by atomic mass is 32.2. The normalized spacial score (nSPS) is 18.5. The van der Waals surface area contributed by atoms with Crippen molar-refractivity contribution >= 4 is 28.5 Å². The molecule has 2 aromatic carbocycles. The molecule has 0 N–H and O–H groups in total. The molecule has 0 aliphatic carbocycles. The predicted octanol–water partition coefficient (Wildman–Crippen LogP) is 4.13. The van der Waals surface area contributed by atoms with E-state index < -0.39 is 0 Å². The zero-order valence-electron chi connectivity index (χ0n) is 16.4. The molecule has 0 spiro atoms. The van der Waals surface area contributed by atoms with E-state index in [0.717, 1.165) is 22.6 Å². The van der Waals surface area contributed by atoms with Gasteiger partial charge in [-0.25, -0.2) is 5.01 Å². The van der Waals surface area contributed by atoms with Crippen LogP contribution in [0, 0.1) is 0 Å². The smallest absolute Gasteiger partial charge is 0.307 e. The lowest BCUT2D eigenvalue weighted by atomic mass is 9.98. The first-order valence-electron chi connectivity index (χ1n) is 9.10. The zero-order chi connectivity index (χ0) is 20.4. The summed E-state index contributed by atoms with van der Waals surface area (Å²) < 4.78 is 16.1. The Labute approximate surface area is 173 Å². The van der Waals surface area contributed by atoms with Crippen LogP contribution in [0.25, 0.3) is 0 Å². The van der Waals surface area contributed by atoms with Gasteiger partial charge in [-0.3, -0.25) is 4.79 Å². The monoisotopic (exact) mass is 411 g/mol. The number of carbonyl (C=O) groups excluding carboxylic acids is 1. The summed E-state index contributed by atoms with van der Waals surface area (Å²) in [6, 6.07) is 13.6. The van der Waals surface area contributed by atoms with Crippen LogP contribution in [-0.2, 0) is 0 Å². The van der Waals surface area contributed by atoms with Crippen molar-refractivity contribution in [2.75, 3.05) is 27.1 Å². The molecule has 150 valence electrons. The van der Waals surface area contributed by atoms with Gasteiger partial charge in [0.25, 0.3) is 0 Å². The van der Waals surface area contributed by atoms with Crippen molar-refractivity contribution in [3.05, 3.63) is 53.6 Å². The van der Waals surface area contributed by atoms with E-state index in [1.165, 1.54) is 11.8 Å². The Morgan fingerprint density at radius 2 is 1.76 bits per heavy atom. The van der Waals surface area contributed by atoms with Gasteiger partial charge in [-0.05, 0) is 47.5 Å². The predicted molar refractivity (Wildman–Crippen MR) is 114 cm³/mol. The molecule has 7 nitrogen and oxygen atoms in total. The number of aliphatic imine (C=N–C) groups is 1. The number of nitrogens with zero attached hydrogens (tertiary/aromatic N) is 3. The maximum atomic E-state index is 11.7. The lowest BCUT2D eigenvalue weighted by Gasteiger charge is -2.23. The van der Waals surface area contributed by atoms with Gasteiger partial charge < -0.3 is 14.2 Å². The average molecular weight is 411 g/mol. The number of ether oxygens (including phenoxy) is 3. The third kappa shape index (κ3) is 3.80. The van der Waals surface area contributed by atoms with Gasteiger partial charge >= 0.3 is 5.24 Å². The van der Waals surface area contributed by atoms with E-state index in [0.29, 0.717) is 29.5 Å². The molecule has 29 heavy (non-hydrogen) atoms. The Morgan fingerprint density at radius 1 is 1.00 bits per heavy atom. The lowest BCUT2D eigenvalue weighted by molar-refractivity contribution is 0.267. The summed E-state index contributed by atoms with van der Waals surface area (Å²) in [4.78, 5) is 15.9. The molecule has 0 aromatic heterocycles. The van der Waals surface area contributed by atoms with Crippen LogP contribution in [-0.4, -0.2) is 48.9 Å². The third-order valence-corrected chi connectivity index (χ3v) is 5.68. The van der Waals surface area contributed by atoms with Crippen LogP contribution in [0.1, 0.15) is 23.6 Å². The molecule has 4 rings (SSSR count). The number of hydrogen-bond acceptors (Lipinski definition) is 7. The second-order valence-corrected chi connectivity index (χ2v) is 7.46. The number of carbonyl (C=O) groups is 1. The van der Waals surface area contributed by atoms with Gasteiger partial charge in [0, 0.05) is 6.42 Å². The highest BCUT2D eigenvalue weighted by molar-refractivity contribution is 8.14. The first-order chi connectivity index (χ1) is 14.1. The van der Waals surface area contributed by atoms with E-state index in [9.17, 15) is 4.79 Å². The number of methoxy groups -OCH3 is 3. The molecule has 2 aliphatic heterocycles. The van der Waals surface area contributed by atoms with Gasteiger partial charge in [-0.1, -0.05) is 17.8 Å². The SMILES string of the molecule is COc1ccc(C2=NN(C3=NC(=O)SC3)C(c3ccc(OC)c(OC)c3)C2)cc1. The lowest BCUT2D eigenvalue weighted by Crippen LogP contribution is -2.27. The van der Waals surface area contributed by atoms with Gasteiger partial charge in [-0.15, -0.1) is 0 Å². The number of thioether (sulfide) groups is 1. The summed E-state index contributed by atoms with van der Waals surface area (Å²) in [5.41, 5.74) is 2.96. The first kappa shape index (κ1) is 19.3. The molecule has 0 saturated carbocycles. The minimum atomic E-state index is -0.181. The molecular weight excluding hydrogens is 390 g/mol. The summed E-state index contributed by atoms with van der Waals surface area (Å²) in [5, 5.41) is 6.51. The van der Waals surface area contributed by atoms with Gasteiger partial charge in [0.15, 0.2) is 11.5 Å². The van der Waals surface area contributed by atoms with E-state index >= 15 is 0 Å². The fourth-order valence-electron chi connectivity index (χ4n) is 3.44. The maximum absolute atomic E-state index is 11.7. The molecule has 0 radical (unpaired) electrons. The van der Waals surface area contributed by atoms with Crippen LogP contribution < -0.4 is 14.2 Å². The van der Waals surface area contributed by atoms with Crippen molar-refractivity contribution in [1.29, 1.82) is 0 Å². The van der Waals surface area contributed by atoms with Crippen LogP contribution >= 0.6 is 11.8 Å². The fraction of sp³-hybridized carbons (Fsp3) is 0.286. The second-order valence-electron chi connectivity index (χ2n) is 6.54. The van der Waals surface area contributed by atoms with Gasteiger partial charge in [0.05, 0.1) is 38.8 Å². The van der Waals surface area contributed by atoms with E-state index in [1.807, 2.05) is 47.5 Å². The molecule has 0 saturated heterocycles. The number of hydrazone groups is 1. The summed E-state index contributed by atoms with van der Waals surface area (Å²) >= 11 is 1.19. The topological polar surface area (TPSA) is 72.7 Å². The van der Waals surface area contributed by atoms with E-state index in [2.05, 4.69) is 4.99 Å². The number of rotatable bonds is 5. The molecule has 0 bridgehead atoms. The van der Waals surface area contributed by atoms with E-state index in [-0.39, 0.29) is 11.3 Å². The first-order valence-corrected chi connectivity index (χ1v) is 10.1. The highest BCUT2D eigenvalue weighted by Gasteiger charge is 2.34. The number of amidine groups is 1. The Hall–Kier alpha value is -3.00. The average Bonchev–Trinajstić information content (AvgIpc) is 3.39. The molecule has 2 aliphatic rings. The van der Waals surface area contributed by atoms with Crippen molar-refractivity contribution in [3.63, 3.8) is 0 Å². The third-order valence-electron chi connectivity index (χ3n) is 4.94. The number of amides is 1. The van der Waals surface area contributed by atoms with Crippen LogP contribution in [0.4, 0.5) is 4.79 Å². The summed E-state index contributed by atoms with van der Waals surface area (Å²) in [6.07, 6.45) is 0.680. The fourth-order valence-corrected chi connectivity index (χ4v) is 4.06. The van der Waals surface area contributed by atoms with Crippen molar-refractivity contribution in [2.24, 2.45) is 10.1 Å². The Kier molecular flexibility index (Phi) is 5.44. The van der Waals surface area contributed by atoms with E-state index in [4.69, 9.17) is 19.3 Å². The standard InChI is InChI=1S/C21H21N3O4S/c1-26-15-7-4-13(5-8-15)16-11-17(24(23-16)20-12-29-21(25)22-20)14-6-9-18(27-2)19(10-14)28-3/h4-10,17H,11-12H2,1-3H3. The van der Waals surface area contributed by atoms with E-state index in [1.54, 1.807) is 21.3 Å². The molecule has 1 atom stereocenters. The van der Waals surface area contributed by atoms with Crippen LogP contribution in [0.15, 0.2) is 52.6 Å². The molecule has 2 aromatic rings. The molecule has 1 amide bonds. The van der Waals surface area contributed by atoms with Crippen molar-refractivity contribution in [3.8, 4) is 17.2 Å². The van der Waals surface area contributed by atoms with Gasteiger partial charge in [0.2, 0.25) is 0 Å². The molecular formula is C21H21N3O4S. The number of hydrogen-bond donors (Lipinski definition) is 0. The molecule has 0 fully saturated rings. The Bertz CT molecular complexity index is 988. The van der Waals surface area contributed by atoms with Crippen LogP contribution in [0.3, 0.4) is 0 Å². The highest BCUT2D eigenvalue weighted by Crippen LogP contribution is 2.38. The van der Waals surface area contributed by atoms with Crippen molar-refractivity contribution in [1.82, 2.24) is 5.01 Å². The van der Waals surface area contributed by atoms with Gasteiger partial charge in [0.1, 0.15) is 11.6 Å². The maximum Gasteiger partial charge on any atom is 0.307 e. The number of benzene rings is 2. The molecule has 1 unspecified atom stereocenters. The Morgan fingerprint density at radius 3 is 2.38 bits per heavy atom. The molecule has 2 heterocycles. The summed E-state index contributed by atoms with van der Waals surface area (Å²) in [7, 11) is 4.87. The summed E-state index contributed by atoms with van der Waals surface area (Å²) in [6.45, 7) is 0. The van der Waals surface area contributed by atoms with Crippen molar-refractivity contribution in [2.45, 2.75) is 12.5 Å². The Balaban J connectivity index is 1.71. The largest absolute Gasteiger partial charge is 0.497 e. The van der Waals surface area contributed by atoms with Crippen LogP contribution in [0.2, 0.25) is 0 Å². The van der Waals surface area contributed by atoms with Crippen LogP contribution in [0.5, 0.6) is 17.2 Å². The van der Waals surface area contributed by atoms with Gasteiger partial charge in [-0.2, -0.15) is 10.1 Å². The zero-order valence-corrected chi connectivity index (χ0v) is 17.2. The minimum Gasteiger partial charge on any atom is -0.497 e. The minimum absolute atomic E-state index is 0.0860. The van der Waals surface area contributed by atoms with Crippen molar-refractivity contribution < 1.29 is 19.0 Å².